The molecule has 4 nitrogen and oxygen atoms in total. The van der Waals surface area contributed by atoms with Crippen LogP contribution in [0.25, 0.3) is 0 Å². The van der Waals surface area contributed by atoms with Crippen LogP contribution in [0.5, 0.6) is 5.75 Å². The van der Waals surface area contributed by atoms with Gasteiger partial charge in [0.1, 0.15) is 22.3 Å². The molecule has 0 fully saturated rings. The van der Waals surface area contributed by atoms with Gasteiger partial charge in [-0.25, -0.2) is 13.8 Å². The smallest absolute Gasteiger partial charge is 0.270 e. The summed E-state index contributed by atoms with van der Waals surface area (Å²) < 4.78 is 33.3. The first kappa shape index (κ1) is 18.5. The van der Waals surface area contributed by atoms with Crippen LogP contribution in [0.1, 0.15) is 15.2 Å². The molecule has 0 aliphatic carbocycles. The minimum atomic E-state index is -0.810. The highest BCUT2D eigenvalue weighted by Crippen LogP contribution is 2.27. The van der Waals surface area contributed by atoms with E-state index in [1.54, 1.807) is 31.4 Å². The van der Waals surface area contributed by atoms with Gasteiger partial charge in [-0.3, -0.25) is 4.79 Å². The molecule has 0 N–H and O–H groups in total. The Morgan fingerprint density at radius 2 is 1.96 bits per heavy atom. The molecule has 0 bridgehead atoms. The van der Waals surface area contributed by atoms with Crippen molar-refractivity contribution in [2.75, 3.05) is 12.0 Å². The summed E-state index contributed by atoms with van der Waals surface area (Å²) in [5.74, 6) is -1.26. The second-order valence-corrected chi connectivity index (χ2v) is 7.62. The molecule has 3 rings (SSSR count). The average Bonchev–Trinajstić information content (AvgIpc) is 3.07. The summed E-state index contributed by atoms with van der Waals surface area (Å²) in [7, 11) is 1.56. The molecular weight excluding hydrogens is 426 g/mol. The van der Waals surface area contributed by atoms with Crippen LogP contribution in [0.2, 0.25) is 0 Å². The summed E-state index contributed by atoms with van der Waals surface area (Å²) >= 11 is 4.35. The number of methoxy groups -OCH3 is 1. The van der Waals surface area contributed by atoms with Crippen molar-refractivity contribution in [2.45, 2.75) is 6.54 Å². The van der Waals surface area contributed by atoms with Crippen LogP contribution in [-0.4, -0.2) is 18.0 Å². The van der Waals surface area contributed by atoms with Gasteiger partial charge in [0.25, 0.3) is 5.91 Å². The third-order valence-corrected chi connectivity index (χ3v) is 5.10. The number of hydrogen-bond donors (Lipinski definition) is 0. The lowest BCUT2D eigenvalue weighted by Crippen LogP contribution is -2.30. The minimum Gasteiger partial charge on any atom is -0.497 e. The highest BCUT2D eigenvalue weighted by molar-refractivity contribution is 9.11. The number of benzene rings is 2. The van der Waals surface area contributed by atoms with Crippen LogP contribution in [0, 0.1) is 11.6 Å². The Bertz CT molecular complexity index is 931. The van der Waals surface area contributed by atoms with E-state index >= 15 is 0 Å². The molecule has 1 heterocycles. The van der Waals surface area contributed by atoms with Gasteiger partial charge in [-0.15, -0.1) is 11.3 Å². The molecule has 0 radical (unpaired) electrons. The van der Waals surface area contributed by atoms with Crippen molar-refractivity contribution in [3.63, 3.8) is 0 Å². The van der Waals surface area contributed by atoms with E-state index in [0.717, 1.165) is 29.0 Å². The largest absolute Gasteiger partial charge is 0.497 e. The van der Waals surface area contributed by atoms with Gasteiger partial charge in [0.2, 0.25) is 0 Å². The minimum absolute atomic E-state index is 0.00302. The topological polar surface area (TPSA) is 42.4 Å². The zero-order chi connectivity index (χ0) is 18.7. The van der Waals surface area contributed by atoms with E-state index in [9.17, 15) is 13.6 Å². The molecule has 2 aromatic carbocycles. The Balaban J connectivity index is 1.98. The molecule has 0 saturated heterocycles. The summed E-state index contributed by atoms with van der Waals surface area (Å²) in [6, 6.07) is 10.2. The van der Waals surface area contributed by atoms with E-state index in [1.807, 2.05) is 0 Å². The number of aromatic nitrogens is 1. The lowest BCUT2D eigenvalue weighted by molar-refractivity contribution is 0.0988. The van der Waals surface area contributed by atoms with Crippen molar-refractivity contribution in [1.82, 2.24) is 4.98 Å². The van der Waals surface area contributed by atoms with Gasteiger partial charge in [0, 0.05) is 6.07 Å². The molecule has 0 aliphatic heterocycles. The monoisotopic (exact) mass is 438 g/mol. The van der Waals surface area contributed by atoms with Crippen molar-refractivity contribution in [1.29, 1.82) is 0 Å². The normalized spacial score (nSPS) is 10.6. The molecule has 26 heavy (non-hydrogen) atoms. The van der Waals surface area contributed by atoms with E-state index in [1.165, 1.54) is 17.2 Å². The second kappa shape index (κ2) is 7.92. The quantitative estimate of drug-likeness (QED) is 0.560. The SMILES string of the molecule is COc1ccc(CN(C(=O)c2cnc(Br)s2)c2ccc(F)cc2F)cc1. The van der Waals surface area contributed by atoms with E-state index in [-0.39, 0.29) is 12.2 Å². The summed E-state index contributed by atoms with van der Waals surface area (Å²) in [4.78, 5) is 18.5. The van der Waals surface area contributed by atoms with Gasteiger partial charge in [0.05, 0.1) is 25.5 Å². The van der Waals surface area contributed by atoms with Gasteiger partial charge in [-0.05, 0) is 45.8 Å². The number of anilines is 1. The van der Waals surface area contributed by atoms with Gasteiger partial charge in [-0.1, -0.05) is 12.1 Å². The average molecular weight is 439 g/mol. The standard InChI is InChI=1S/C18H13BrF2N2O2S/c1-25-13-5-2-11(3-6-13)10-23(15-7-4-12(20)8-14(15)21)17(24)16-9-22-18(19)26-16/h2-9H,10H2,1H3. The number of halogens is 3. The van der Waals surface area contributed by atoms with E-state index in [0.29, 0.717) is 14.5 Å². The summed E-state index contributed by atoms with van der Waals surface area (Å²) in [5, 5.41) is 0. The zero-order valence-electron chi connectivity index (χ0n) is 13.6. The van der Waals surface area contributed by atoms with E-state index in [2.05, 4.69) is 20.9 Å². The lowest BCUT2D eigenvalue weighted by atomic mass is 10.1. The fourth-order valence-electron chi connectivity index (χ4n) is 2.36. The van der Waals surface area contributed by atoms with Crippen LogP contribution in [0.4, 0.5) is 14.5 Å². The number of ether oxygens (including phenoxy) is 1. The number of carbonyl (C=O) groups excluding carboxylic acids is 1. The van der Waals surface area contributed by atoms with Gasteiger partial charge < -0.3 is 9.64 Å². The van der Waals surface area contributed by atoms with Crippen molar-refractivity contribution in [2.24, 2.45) is 0 Å². The predicted molar refractivity (Wildman–Crippen MR) is 99.7 cm³/mol. The number of hydrogen-bond acceptors (Lipinski definition) is 4. The molecule has 134 valence electrons. The van der Waals surface area contributed by atoms with Crippen LogP contribution < -0.4 is 9.64 Å². The third kappa shape index (κ3) is 4.08. The Morgan fingerprint density at radius 3 is 2.54 bits per heavy atom. The van der Waals surface area contributed by atoms with Crippen LogP contribution in [0.3, 0.4) is 0 Å². The second-order valence-electron chi connectivity index (χ2n) is 5.31. The van der Waals surface area contributed by atoms with Crippen LogP contribution >= 0.6 is 27.3 Å². The first-order valence-electron chi connectivity index (χ1n) is 7.49. The van der Waals surface area contributed by atoms with Crippen LogP contribution in [-0.2, 0) is 6.54 Å². The molecule has 3 aromatic rings. The van der Waals surface area contributed by atoms with Crippen molar-refractivity contribution >= 4 is 38.9 Å². The maximum absolute atomic E-state index is 14.3. The van der Waals surface area contributed by atoms with E-state index in [4.69, 9.17) is 4.74 Å². The number of carbonyl (C=O) groups is 1. The summed E-state index contributed by atoms with van der Waals surface area (Å²) in [5.41, 5.74) is 0.767. The molecule has 8 heteroatoms. The van der Waals surface area contributed by atoms with Gasteiger partial charge in [-0.2, -0.15) is 0 Å². The Morgan fingerprint density at radius 1 is 1.23 bits per heavy atom. The molecule has 1 amide bonds. The zero-order valence-corrected chi connectivity index (χ0v) is 16.0. The number of amides is 1. The summed E-state index contributed by atoms with van der Waals surface area (Å²) in [6.07, 6.45) is 1.42. The van der Waals surface area contributed by atoms with Crippen molar-refractivity contribution < 1.29 is 18.3 Å². The fraction of sp³-hybridized carbons (Fsp3) is 0.111. The lowest BCUT2D eigenvalue weighted by Gasteiger charge is -2.23. The molecule has 0 spiro atoms. The maximum Gasteiger partial charge on any atom is 0.270 e. The number of rotatable bonds is 5. The molecular formula is C18H13BrF2N2O2S. The van der Waals surface area contributed by atoms with Gasteiger partial charge >= 0.3 is 0 Å². The van der Waals surface area contributed by atoms with Crippen molar-refractivity contribution in [3.05, 3.63) is 74.7 Å². The first-order valence-corrected chi connectivity index (χ1v) is 9.10. The molecule has 0 atom stereocenters. The fourth-order valence-corrected chi connectivity index (χ4v) is 3.58. The Hall–Kier alpha value is -2.32. The molecule has 1 aromatic heterocycles. The predicted octanol–water partition coefficient (Wildman–Crippen LogP) is 5.04. The van der Waals surface area contributed by atoms with Crippen LogP contribution in [0.15, 0.2) is 52.6 Å². The highest BCUT2D eigenvalue weighted by Gasteiger charge is 2.23. The number of thiazole rings is 1. The Labute approximate surface area is 161 Å². The highest BCUT2D eigenvalue weighted by atomic mass is 79.9. The molecule has 0 saturated carbocycles. The van der Waals surface area contributed by atoms with Crippen molar-refractivity contribution in [3.8, 4) is 5.75 Å². The maximum atomic E-state index is 14.3. The molecule has 0 aliphatic rings. The first-order chi connectivity index (χ1) is 12.5. The molecule has 0 unspecified atom stereocenters. The van der Waals surface area contributed by atoms with Gasteiger partial charge in [0.15, 0.2) is 3.92 Å². The van der Waals surface area contributed by atoms with E-state index < -0.39 is 17.5 Å². The number of nitrogens with zero attached hydrogens (tertiary/aromatic N) is 2. The summed E-state index contributed by atoms with van der Waals surface area (Å²) in [6.45, 7) is 0.112. The Kier molecular flexibility index (Phi) is 5.63. The third-order valence-electron chi connectivity index (χ3n) is 3.63.